The summed E-state index contributed by atoms with van der Waals surface area (Å²) in [5, 5.41) is 22.8. The van der Waals surface area contributed by atoms with E-state index in [0.29, 0.717) is 11.9 Å². The Labute approximate surface area is 178 Å². The molecular weight excluding hydrogens is 446 g/mol. The van der Waals surface area contributed by atoms with E-state index >= 15 is 0 Å². The molecule has 0 aliphatic rings. The number of aromatic hydroxyl groups is 2. The minimum atomic E-state index is -5.10. The van der Waals surface area contributed by atoms with Crippen LogP contribution in [0.1, 0.15) is 12.5 Å². The standard InChI is InChI=1S/C19H24N2O8P2/c1-2-15-16-8-7-14(23)11-17(16)21(18(15)12-3-5-13(22)6-4-12)10-9-20-19(30(24,25)26)31(27,28)29/h3-8,11,19-20,22-23H,2,9-10H2,1H3,(H2,24,25,26)(H2,27,28,29). The molecule has 2 aromatic carbocycles. The molecule has 0 amide bonds. The van der Waals surface area contributed by atoms with Crippen LogP contribution in [-0.2, 0) is 22.1 Å². The zero-order valence-corrected chi connectivity index (χ0v) is 18.4. The third kappa shape index (κ3) is 5.02. The number of aromatic nitrogens is 1. The maximum atomic E-state index is 11.5. The van der Waals surface area contributed by atoms with Crippen LogP contribution in [0.15, 0.2) is 42.5 Å². The van der Waals surface area contributed by atoms with E-state index < -0.39 is 20.7 Å². The summed E-state index contributed by atoms with van der Waals surface area (Å²) in [6, 6.07) is 11.4. The van der Waals surface area contributed by atoms with Crippen molar-refractivity contribution in [1.29, 1.82) is 0 Å². The van der Waals surface area contributed by atoms with Crippen LogP contribution >= 0.6 is 15.2 Å². The highest BCUT2D eigenvalue weighted by atomic mass is 31.2. The Morgan fingerprint density at radius 2 is 1.52 bits per heavy atom. The van der Waals surface area contributed by atoms with Crippen LogP contribution in [0.5, 0.6) is 11.5 Å². The van der Waals surface area contributed by atoms with E-state index in [1.165, 1.54) is 12.1 Å². The third-order valence-corrected chi connectivity index (χ3v) is 8.39. The molecule has 0 bridgehead atoms. The van der Waals surface area contributed by atoms with Crippen LogP contribution < -0.4 is 5.32 Å². The first-order valence-electron chi connectivity index (χ1n) is 9.40. The molecule has 0 saturated carbocycles. The highest BCUT2D eigenvalue weighted by Gasteiger charge is 2.42. The molecule has 0 unspecified atom stereocenters. The molecule has 0 spiro atoms. The lowest BCUT2D eigenvalue weighted by atomic mass is 10.0. The van der Waals surface area contributed by atoms with Gasteiger partial charge in [0.1, 0.15) is 11.5 Å². The smallest absolute Gasteiger partial charge is 0.354 e. The number of hydrogen-bond donors (Lipinski definition) is 7. The zero-order valence-electron chi connectivity index (χ0n) is 16.6. The molecular formula is C19H24N2O8P2. The third-order valence-electron chi connectivity index (χ3n) is 4.95. The van der Waals surface area contributed by atoms with Gasteiger partial charge >= 0.3 is 15.2 Å². The van der Waals surface area contributed by atoms with Gasteiger partial charge in [0.25, 0.3) is 0 Å². The van der Waals surface area contributed by atoms with Crippen LogP contribution in [0, 0.1) is 0 Å². The van der Waals surface area contributed by atoms with Crippen molar-refractivity contribution >= 4 is 26.1 Å². The normalized spacial score (nSPS) is 12.7. The Bertz CT molecular complexity index is 1160. The quantitative estimate of drug-likeness (QED) is 0.244. The highest BCUT2D eigenvalue weighted by molar-refractivity contribution is 7.70. The molecule has 0 atom stereocenters. The molecule has 1 aromatic heterocycles. The number of fused-ring (bicyclic) bond motifs is 1. The minimum absolute atomic E-state index is 0.0300. The van der Waals surface area contributed by atoms with E-state index in [2.05, 4.69) is 5.32 Å². The van der Waals surface area contributed by atoms with Crippen LogP contribution in [0.25, 0.3) is 22.2 Å². The minimum Gasteiger partial charge on any atom is -0.508 e. The summed E-state index contributed by atoms with van der Waals surface area (Å²) in [6.45, 7) is 1.91. The van der Waals surface area contributed by atoms with E-state index in [9.17, 15) is 38.9 Å². The number of nitrogens with one attached hydrogen (secondary N) is 1. The Balaban J connectivity index is 2.07. The van der Waals surface area contributed by atoms with Gasteiger partial charge in [0.05, 0.1) is 11.2 Å². The van der Waals surface area contributed by atoms with Gasteiger partial charge in [0, 0.05) is 24.5 Å². The monoisotopic (exact) mass is 470 g/mol. The van der Waals surface area contributed by atoms with Crippen molar-refractivity contribution in [3.05, 3.63) is 48.0 Å². The van der Waals surface area contributed by atoms with Gasteiger partial charge in [-0.25, -0.2) is 0 Å². The van der Waals surface area contributed by atoms with E-state index in [1.807, 2.05) is 11.5 Å². The van der Waals surface area contributed by atoms with Gasteiger partial charge < -0.3 is 34.4 Å². The second kappa shape index (κ2) is 8.76. The van der Waals surface area contributed by atoms with Crippen LogP contribution in [0.2, 0.25) is 0 Å². The lowest BCUT2D eigenvalue weighted by molar-refractivity contribution is 0.327. The maximum absolute atomic E-state index is 11.5. The molecule has 0 aliphatic heterocycles. The van der Waals surface area contributed by atoms with Crippen molar-refractivity contribution in [1.82, 2.24) is 9.88 Å². The average Bonchev–Trinajstić information content (AvgIpc) is 2.96. The van der Waals surface area contributed by atoms with E-state index in [4.69, 9.17) is 0 Å². The van der Waals surface area contributed by atoms with Crippen molar-refractivity contribution < 1.29 is 38.9 Å². The van der Waals surface area contributed by atoms with Gasteiger partial charge in [-0.3, -0.25) is 14.4 Å². The number of aryl methyl sites for hydroxylation is 1. The number of rotatable bonds is 8. The Morgan fingerprint density at radius 1 is 0.935 bits per heavy atom. The van der Waals surface area contributed by atoms with Crippen molar-refractivity contribution in [2.75, 3.05) is 6.54 Å². The van der Waals surface area contributed by atoms with Gasteiger partial charge in [-0.1, -0.05) is 6.92 Å². The molecule has 3 rings (SSSR count). The second-order valence-electron chi connectivity index (χ2n) is 7.09. The fraction of sp³-hybridized carbons (Fsp3) is 0.263. The number of phenols is 2. The average molecular weight is 470 g/mol. The van der Waals surface area contributed by atoms with E-state index in [0.717, 1.165) is 22.2 Å². The Hall–Kier alpha value is -2.16. The van der Waals surface area contributed by atoms with Crippen molar-refractivity contribution in [2.45, 2.75) is 25.4 Å². The fourth-order valence-electron chi connectivity index (χ4n) is 3.69. The van der Waals surface area contributed by atoms with Crippen LogP contribution in [0.3, 0.4) is 0 Å². The molecule has 168 valence electrons. The summed E-state index contributed by atoms with van der Waals surface area (Å²) in [7, 11) is -10.2. The summed E-state index contributed by atoms with van der Waals surface area (Å²) < 4.78 is 24.9. The summed E-state index contributed by atoms with van der Waals surface area (Å²) >= 11 is 0. The maximum Gasteiger partial charge on any atom is 0.354 e. The predicted molar refractivity (Wildman–Crippen MR) is 116 cm³/mol. The van der Waals surface area contributed by atoms with Crippen molar-refractivity contribution in [2.24, 2.45) is 0 Å². The lowest BCUT2D eigenvalue weighted by Gasteiger charge is -2.21. The predicted octanol–water partition coefficient (Wildman–Crippen LogP) is 2.51. The SMILES string of the molecule is CCc1c(-c2ccc(O)cc2)n(CCNC(P(=O)(O)O)P(=O)(O)O)c2cc(O)ccc12. The molecule has 12 heteroatoms. The summed E-state index contributed by atoms with van der Waals surface area (Å²) in [4.78, 5) is 37.2. The Kier molecular flexibility index (Phi) is 6.64. The first kappa shape index (κ1) is 23.5. The number of phenolic OH excluding ortho intramolecular Hbond substituents is 2. The second-order valence-corrected chi connectivity index (χ2v) is 10.9. The molecule has 1 heterocycles. The molecule has 0 saturated heterocycles. The first-order chi connectivity index (χ1) is 14.4. The lowest BCUT2D eigenvalue weighted by Crippen LogP contribution is -2.32. The van der Waals surface area contributed by atoms with Gasteiger partial charge in [-0.2, -0.15) is 0 Å². The van der Waals surface area contributed by atoms with Gasteiger partial charge in [0.2, 0.25) is 5.52 Å². The van der Waals surface area contributed by atoms with Gasteiger partial charge in [0.15, 0.2) is 0 Å². The summed E-state index contributed by atoms with van der Waals surface area (Å²) in [5.41, 5.74) is 0.853. The highest BCUT2D eigenvalue weighted by Crippen LogP contribution is 2.58. The number of nitrogens with zero attached hydrogens (tertiary/aromatic N) is 1. The molecule has 7 N–H and O–H groups in total. The van der Waals surface area contributed by atoms with E-state index in [-0.39, 0.29) is 24.6 Å². The largest absolute Gasteiger partial charge is 0.508 e. The first-order valence-corrected chi connectivity index (χ1v) is 12.8. The number of hydrogen-bond acceptors (Lipinski definition) is 5. The van der Waals surface area contributed by atoms with Crippen molar-refractivity contribution in [3.8, 4) is 22.8 Å². The molecule has 31 heavy (non-hydrogen) atoms. The van der Waals surface area contributed by atoms with Crippen LogP contribution in [0.4, 0.5) is 0 Å². The van der Waals surface area contributed by atoms with Gasteiger partial charge in [-0.15, -0.1) is 0 Å². The fourth-order valence-corrected chi connectivity index (χ4v) is 5.99. The topological polar surface area (TPSA) is 172 Å². The Morgan fingerprint density at radius 3 is 2.06 bits per heavy atom. The van der Waals surface area contributed by atoms with Gasteiger partial charge in [-0.05, 0) is 53.9 Å². The molecule has 10 nitrogen and oxygen atoms in total. The van der Waals surface area contributed by atoms with E-state index in [1.54, 1.807) is 30.3 Å². The molecule has 0 fully saturated rings. The molecule has 0 aliphatic carbocycles. The molecule has 3 aromatic rings. The molecule has 0 radical (unpaired) electrons. The summed E-state index contributed by atoms with van der Waals surface area (Å²) in [5.74, 6) is 0.123. The zero-order chi connectivity index (χ0) is 23.0. The number of benzene rings is 2. The van der Waals surface area contributed by atoms with Crippen molar-refractivity contribution in [3.63, 3.8) is 0 Å². The van der Waals surface area contributed by atoms with Crippen LogP contribution in [-0.4, -0.2) is 46.4 Å². The summed E-state index contributed by atoms with van der Waals surface area (Å²) in [6.07, 6.45) is 0.644.